The zero-order valence-corrected chi connectivity index (χ0v) is 12.3. The van der Waals surface area contributed by atoms with Crippen LogP contribution in [0, 0.1) is 12.8 Å². The van der Waals surface area contributed by atoms with Crippen molar-refractivity contribution in [2.24, 2.45) is 5.92 Å². The fourth-order valence-corrected chi connectivity index (χ4v) is 2.22. The minimum absolute atomic E-state index is 0.173. The SMILES string of the molecule is CC.Cc1c(N)nc(N)nc1OCC1CCCCC1. The molecule has 1 saturated carbocycles. The number of rotatable bonds is 3. The van der Waals surface area contributed by atoms with Crippen molar-refractivity contribution in [2.75, 3.05) is 18.1 Å². The van der Waals surface area contributed by atoms with Gasteiger partial charge >= 0.3 is 0 Å². The molecule has 0 aromatic carbocycles. The highest BCUT2D eigenvalue weighted by atomic mass is 16.5. The molecule has 0 radical (unpaired) electrons. The van der Waals surface area contributed by atoms with E-state index in [0.29, 0.717) is 24.2 Å². The van der Waals surface area contributed by atoms with E-state index in [-0.39, 0.29) is 5.95 Å². The molecule has 0 aliphatic heterocycles. The second-order valence-corrected chi connectivity index (χ2v) is 4.71. The van der Waals surface area contributed by atoms with Gasteiger partial charge in [0.05, 0.1) is 12.2 Å². The highest BCUT2D eigenvalue weighted by Crippen LogP contribution is 2.26. The fourth-order valence-electron chi connectivity index (χ4n) is 2.22. The lowest BCUT2D eigenvalue weighted by Gasteiger charge is -2.21. The zero-order valence-electron chi connectivity index (χ0n) is 12.3. The van der Waals surface area contributed by atoms with Gasteiger partial charge in [0, 0.05) is 0 Å². The Bertz CT molecular complexity index is 389. The van der Waals surface area contributed by atoms with Gasteiger partial charge in [-0.1, -0.05) is 33.1 Å². The van der Waals surface area contributed by atoms with E-state index in [4.69, 9.17) is 16.2 Å². The third kappa shape index (κ3) is 4.58. The molecule has 0 bridgehead atoms. The number of nitrogens with zero attached hydrogens (tertiary/aromatic N) is 2. The summed E-state index contributed by atoms with van der Waals surface area (Å²) in [7, 11) is 0. The molecule has 19 heavy (non-hydrogen) atoms. The van der Waals surface area contributed by atoms with E-state index in [0.717, 1.165) is 5.56 Å². The molecule has 0 unspecified atom stereocenters. The number of aromatic nitrogens is 2. The van der Waals surface area contributed by atoms with Crippen LogP contribution in [0.2, 0.25) is 0 Å². The van der Waals surface area contributed by atoms with E-state index in [1.165, 1.54) is 32.1 Å². The van der Waals surface area contributed by atoms with E-state index >= 15 is 0 Å². The predicted octanol–water partition coefficient (Wildman–Crippen LogP) is 2.93. The third-order valence-electron chi connectivity index (χ3n) is 3.34. The van der Waals surface area contributed by atoms with Crippen molar-refractivity contribution in [3.63, 3.8) is 0 Å². The standard InChI is InChI=1S/C12H20N4O.C2H6/c1-8-10(13)15-12(14)16-11(8)17-7-9-5-3-2-4-6-9;1-2/h9H,2-7H2,1H3,(H4,13,14,15,16);1-2H3. The molecule has 2 rings (SSSR count). The molecule has 0 saturated heterocycles. The molecule has 1 aromatic heterocycles. The first-order valence-electron chi connectivity index (χ1n) is 7.19. The Labute approximate surface area is 115 Å². The second-order valence-electron chi connectivity index (χ2n) is 4.71. The summed E-state index contributed by atoms with van der Waals surface area (Å²) in [6, 6.07) is 0. The first-order chi connectivity index (χ1) is 9.16. The van der Waals surface area contributed by atoms with Crippen molar-refractivity contribution >= 4 is 11.8 Å². The van der Waals surface area contributed by atoms with Crippen LogP contribution in [0.3, 0.4) is 0 Å². The van der Waals surface area contributed by atoms with Crippen LogP contribution in [0.5, 0.6) is 5.88 Å². The number of nitrogens with two attached hydrogens (primary N) is 2. The van der Waals surface area contributed by atoms with Crippen molar-refractivity contribution in [3.8, 4) is 5.88 Å². The molecule has 1 aliphatic rings. The maximum absolute atomic E-state index is 5.73. The smallest absolute Gasteiger partial charge is 0.225 e. The topological polar surface area (TPSA) is 87.0 Å². The van der Waals surface area contributed by atoms with Crippen LogP contribution < -0.4 is 16.2 Å². The van der Waals surface area contributed by atoms with Crippen molar-refractivity contribution in [2.45, 2.75) is 52.9 Å². The Kier molecular flexibility index (Phi) is 6.39. The molecule has 1 fully saturated rings. The number of anilines is 2. The van der Waals surface area contributed by atoms with Crippen LogP contribution in [-0.4, -0.2) is 16.6 Å². The lowest BCUT2D eigenvalue weighted by molar-refractivity contribution is 0.202. The quantitative estimate of drug-likeness (QED) is 0.878. The summed E-state index contributed by atoms with van der Waals surface area (Å²) in [5.74, 6) is 1.74. The number of hydrogen-bond acceptors (Lipinski definition) is 5. The van der Waals surface area contributed by atoms with Crippen LogP contribution in [-0.2, 0) is 0 Å². The molecule has 1 heterocycles. The minimum atomic E-state index is 0.173. The second kappa shape index (κ2) is 7.81. The monoisotopic (exact) mass is 266 g/mol. The summed E-state index contributed by atoms with van der Waals surface area (Å²) in [5, 5.41) is 0. The van der Waals surface area contributed by atoms with Crippen LogP contribution >= 0.6 is 0 Å². The molecule has 0 amide bonds. The summed E-state index contributed by atoms with van der Waals surface area (Å²) in [4.78, 5) is 7.98. The predicted molar refractivity (Wildman–Crippen MR) is 79.0 cm³/mol. The first-order valence-corrected chi connectivity index (χ1v) is 7.19. The molecular weight excluding hydrogens is 240 g/mol. The third-order valence-corrected chi connectivity index (χ3v) is 3.34. The summed E-state index contributed by atoms with van der Waals surface area (Å²) in [6.07, 6.45) is 6.45. The maximum Gasteiger partial charge on any atom is 0.225 e. The number of hydrogen-bond donors (Lipinski definition) is 2. The van der Waals surface area contributed by atoms with Gasteiger partial charge < -0.3 is 16.2 Å². The van der Waals surface area contributed by atoms with Crippen LogP contribution in [0.4, 0.5) is 11.8 Å². The van der Waals surface area contributed by atoms with Crippen molar-refractivity contribution < 1.29 is 4.74 Å². The van der Waals surface area contributed by atoms with Gasteiger partial charge in [-0.25, -0.2) is 0 Å². The first kappa shape index (κ1) is 15.5. The van der Waals surface area contributed by atoms with E-state index in [1.807, 2.05) is 20.8 Å². The van der Waals surface area contributed by atoms with Crippen molar-refractivity contribution in [3.05, 3.63) is 5.56 Å². The summed E-state index contributed by atoms with van der Waals surface area (Å²) >= 11 is 0. The van der Waals surface area contributed by atoms with Crippen molar-refractivity contribution in [1.29, 1.82) is 0 Å². The minimum Gasteiger partial charge on any atom is -0.477 e. The van der Waals surface area contributed by atoms with Gasteiger partial charge in [-0.2, -0.15) is 9.97 Å². The number of ether oxygens (including phenoxy) is 1. The molecule has 5 nitrogen and oxygen atoms in total. The van der Waals surface area contributed by atoms with E-state index in [2.05, 4.69) is 9.97 Å². The van der Waals surface area contributed by atoms with Crippen molar-refractivity contribution in [1.82, 2.24) is 9.97 Å². The zero-order chi connectivity index (χ0) is 14.3. The van der Waals surface area contributed by atoms with Gasteiger partial charge in [0.1, 0.15) is 5.82 Å². The van der Waals surface area contributed by atoms with Gasteiger partial charge in [-0.05, 0) is 25.7 Å². The Morgan fingerprint density at radius 2 is 1.74 bits per heavy atom. The summed E-state index contributed by atoms with van der Waals surface area (Å²) in [5.41, 5.74) is 12.0. The normalized spacial score (nSPS) is 15.5. The molecule has 4 N–H and O–H groups in total. The lowest BCUT2D eigenvalue weighted by Crippen LogP contribution is -2.17. The molecule has 108 valence electrons. The molecular formula is C14H26N4O. The van der Waals surface area contributed by atoms with Gasteiger partial charge in [-0.3, -0.25) is 0 Å². The lowest BCUT2D eigenvalue weighted by atomic mass is 9.90. The van der Waals surface area contributed by atoms with Crippen LogP contribution in [0.25, 0.3) is 0 Å². The molecule has 0 atom stereocenters. The average Bonchev–Trinajstić information content (AvgIpc) is 2.44. The Hall–Kier alpha value is -1.52. The molecule has 1 aliphatic carbocycles. The Morgan fingerprint density at radius 3 is 2.37 bits per heavy atom. The molecule has 5 heteroatoms. The van der Waals surface area contributed by atoms with E-state index in [1.54, 1.807) is 0 Å². The van der Waals surface area contributed by atoms with Crippen LogP contribution in [0.15, 0.2) is 0 Å². The largest absolute Gasteiger partial charge is 0.477 e. The number of nitrogen functional groups attached to an aromatic ring is 2. The highest BCUT2D eigenvalue weighted by molar-refractivity contribution is 5.47. The highest BCUT2D eigenvalue weighted by Gasteiger charge is 2.15. The average molecular weight is 266 g/mol. The summed E-state index contributed by atoms with van der Waals surface area (Å²) < 4.78 is 5.73. The van der Waals surface area contributed by atoms with E-state index in [9.17, 15) is 0 Å². The van der Waals surface area contributed by atoms with Gasteiger partial charge in [0.25, 0.3) is 0 Å². The Morgan fingerprint density at radius 1 is 1.11 bits per heavy atom. The van der Waals surface area contributed by atoms with Gasteiger partial charge in [0.2, 0.25) is 11.8 Å². The summed E-state index contributed by atoms with van der Waals surface area (Å²) in [6.45, 7) is 6.56. The maximum atomic E-state index is 5.73. The van der Waals surface area contributed by atoms with Gasteiger partial charge in [-0.15, -0.1) is 0 Å². The van der Waals surface area contributed by atoms with Gasteiger partial charge in [0.15, 0.2) is 0 Å². The molecule has 0 spiro atoms. The Balaban J connectivity index is 0.000000861. The fraction of sp³-hybridized carbons (Fsp3) is 0.714. The van der Waals surface area contributed by atoms with Crippen LogP contribution in [0.1, 0.15) is 51.5 Å². The molecule has 1 aromatic rings. The van der Waals surface area contributed by atoms with E-state index < -0.39 is 0 Å².